The van der Waals surface area contributed by atoms with Crippen molar-refractivity contribution in [1.82, 2.24) is 0 Å². The van der Waals surface area contributed by atoms with Crippen molar-refractivity contribution in [3.05, 3.63) is 95.5 Å². The van der Waals surface area contributed by atoms with Crippen molar-refractivity contribution in [3.63, 3.8) is 0 Å². The minimum Gasteiger partial charge on any atom is -0.460 e. The summed E-state index contributed by atoms with van der Waals surface area (Å²) in [6.07, 6.45) is 9.60. The Hall–Kier alpha value is -3.00. The molecule has 0 amide bonds. The van der Waals surface area contributed by atoms with E-state index in [-0.39, 0.29) is 12.6 Å². The van der Waals surface area contributed by atoms with E-state index in [0.29, 0.717) is 37.1 Å². The SMILES string of the molecule is C=C(C)C(=O)OCCOCCOC.C=CC(=O)Oc1ccc(C2CCCCC2)cc1.C=Cc1ccccc1Br. The third-order valence-corrected chi connectivity index (χ3v) is 6.43. The molecule has 0 radical (unpaired) electrons. The minimum absolute atomic E-state index is 0.259. The van der Waals surface area contributed by atoms with Crippen molar-refractivity contribution >= 4 is 33.9 Å². The smallest absolute Gasteiger partial charge is 0.335 e. The Kier molecular flexibility index (Phi) is 18.2. The number of carbonyl (C=O) groups excluding carboxylic acids is 2. The summed E-state index contributed by atoms with van der Waals surface area (Å²) < 4.78 is 20.8. The van der Waals surface area contributed by atoms with E-state index in [0.717, 1.165) is 10.0 Å². The van der Waals surface area contributed by atoms with Crippen LogP contribution in [0.4, 0.5) is 0 Å². The molecular weight excluding hydrogens is 560 g/mol. The maximum atomic E-state index is 11.0. The van der Waals surface area contributed by atoms with Gasteiger partial charge in [0.05, 0.1) is 19.8 Å². The predicted octanol–water partition coefficient (Wildman–Crippen LogP) is 7.69. The summed E-state index contributed by atoms with van der Waals surface area (Å²) in [4.78, 5) is 21.9. The molecule has 2 aromatic rings. The van der Waals surface area contributed by atoms with Crippen LogP contribution in [0.5, 0.6) is 5.75 Å². The number of hydrogen-bond acceptors (Lipinski definition) is 6. The maximum Gasteiger partial charge on any atom is 0.335 e. The van der Waals surface area contributed by atoms with Gasteiger partial charge < -0.3 is 18.9 Å². The zero-order valence-electron chi connectivity index (χ0n) is 23.2. The highest BCUT2D eigenvalue weighted by Gasteiger charge is 2.15. The van der Waals surface area contributed by atoms with Crippen molar-refractivity contribution < 1.29 is 28.5 Å². The first-order valence-electron chi connectivity index (χ1n) is 13.0. The molecule has 0 bridgehead atoms. The molecule has 3 rings (SSSR count). The molecule has 0 N–H and O–H groups in total. The fourth-order valence-electron chi connectivity index (χ4n) is 3.60. The lowest BCUT2D eigenvalue weighted by molar-refractivity contribution is -0.140. The quantitative estimate of drug-likeness (QED) is 0.114. The lowest BCUT2D eigenvalue weighted by Crippen LogP contribution is -2.12. The van der Waals surface area contributed by atoms with E-state index < -0.39 is 5.97 Å². The van der Waals surface area contributed by atoms with E-state index in [1.165, 1.54) is 43.7 Å². The molecule has 2 aromatic carbocycles. The first-order valence-corrected chi connectivity index (χ1v) is 13.8. The second-order valence-corrected chi connectivity index (χ2v) is 9.63. The number of halogens is 1. The van der Waals surface area contributed by atoms with Crippen molar-refractivity contribution in [2.45, 2.75) is 44.9 Å². The summed E-state index contributed by atoms with van der Waals surface area (Å²) in [7, 11) is 1.60. The van der Waals surface area contributed by atoms with Crippen LogP contribution in [0.15, 0.2) is 84.4 Å². The van der Waals surface area contributed by atoms with Crippen LogP contribution in [0.3, 0.4) is 0 Å². The van der Waals surface area contributed by atoms with Gasteiger partial charge >= 0.3 is 11.9 Å². The van der Waals surface area contributed by atoms with Gasteiger partial charge in [0.1, 0.15) is 12.4 Å². The fourth-order valence-corrected chi connectivity index (χ4v) is 4.05. The Morgan fingerprint density at radius 1 is 0.949 bits per heavy atom. The Morgan fingerprint density at radius 2 is 1.59 bits per heavy atom. The van der Waals surface area contributed by atoms with E-state index in [2.05, 4.69) is 47.8 Å². The molecule has 0 aromatic heterocycles. The van der Waals surface area contributed by atoms with Gasteiger partial charge in [0.2, 0.25) is 0 Å². The van der Waals surface area contributed by atoms with Crippen LogP contribution in [0.25, 0.3) is 6.08 Å². The molecule has 0 spiro atoms. The Morgan fingerprint density at radius 3 is 2.13 bits per heavy atom. The molecule has 1 fully saturated rings. The number of benzene rings is 2. The summed E-state index contributed by atoms with van der Waals surface area (Å²) >= 11 is 3.39. The highest BCUT2D eigenvalue weighted by molar-refractivity contribution is 9.10. The molecule has 0 unspecified atom stereocenters. The summed E-state index contributed by atoms with van der Waals surface area (Å²) in [6, 6.07) is 15.9. The highest BCUT2D eigenvalue weighted by atomic mass is 79.9. The van der Waals surface area contributed by atoms with Crippen molar-refractivity contribution in [2.24, 2.45) is 0 Å². The number of rotatable bonds is 11. The molecule has 0 atom stereocenters. The van der Waals surface area contributed by atoms with Gasteiger partial charge in [-0.05, 0) is 55.0 Å². The van der Waals surface area contributed by atoms with E-state index in [1.807, 2.05) is 42.5 Å². The van der Waals surface area contributed by atoms with Crippen LogP contribution < -0.4 is 4.74 Å². The number of methoxy groups -OCH3 is 1. The van der Waals surface area contributed by atoms with Crippen molar-refractivity contribution in [3.8, 4) is 5.75 Å². The largest absolute Gasteiger partial charge is 0.460 e. The van der Waals surface area contributed by atoms with Crippen LogP contribution in [0.2, 0.25) is 0 Å². The molecule has 0 heterocycles. The van der Waals surface area contributed by atoms with E-state index in [9.17, 15) is 9.59 Å². The zero-order chi connectivity index (χ0) is 28.9. The van der Waals surface area contributed by atoms with Crippen LogP contribution in [-0.2, 0) is 23.8 Å². The Labute approximate surface area is 241 Å². The molecule has 0 saturated heterocycles. The van der Waals surface area contributed by atoms with Crippen molar-refractivity contribution in [1.29, 1.82) is 0 Å². The topological polar surface area (TPSA) is 71.1 Å². The predicted molar refractivity (Wildman–Crippen MR) is 161 cm³/mol. The Balaban J connectivity index is 0.000000308. The number of hydrogen-bond donors (Lipinski definition) is 0. The third kappa shape index (κ3) is 15.2. The van der Waals surface area contributed by atoms with Crippen LogP contribution in [-0.4, -0.2) is 45.5 Å². The molecule has 1 aliphatic rings. The number of esters is 2. The molecule has 6 nitrogen and oxygen atoms in total. The summed E-state index contributed by atoms with van der Waals surface area (Å²) in [5.74, 6) is 0.494. The third-order valence-electron chi connectivity index (χ3n) is 5.71. The lowest BCUT2D eigenvalue weighted by atomic mass is 9.84. The molecular formula is C32H41BrO6. The molecule has 1 aliphatic carbocycles. The lowest BCUT2D eigenvalue weighted by Gasteiger charge is -2.21. The van der Waals surface area contributed by atoms with Crippen LogP contribution in [0, 0.1) is 0 Å². The standard InChI is InChI=1S/C15H18O2.C9H16O4.C8H7Br/c1-2-15(16)17-14-10-8-13(9-11-14)12-6-4-3-5-7-12;1-8(2)9(10)13-7-6-12-5-4-11-3;1-2-7-5-3-4-6-8(7)9/h2,8-12H,1,3-7H2;1,4-7H2,2-3H3;2-6H,1H2. The van der Waals surface area contributed by atoms with Crippen LogP contribution in [0.1, 0.15) is 56.1 Å². The van der Waals surface area contributed by atoms with Gasteiger partial charge in [0.25, 0.3) is 0 Å². The Bertz CT molecular complexity index is 1030. The maximum absolute atomic E-state index is 11.0. The van der Waals surface area contributed by atoms with Gasteiger partial charge in [-0.3, -0.25) is 0 Å². The van der Waals surface area contributed by atoms with E-state index in [1.54, 1.807) is 14.0 Å². The summed E-state index contributed by atoms with van der Waals surface area (Å²) in [5, 5.41) is 0. The van der Waals surface area contributed by atoms with E-state index in [4.69, 9.17) is 18.9 Å². The molecule has 1 saturated carbocycles. The first-order chi connectivity index (χ1) is 18.8. The zero-order valence-corrected chi connectivity index (χ0v) is 24.7. The van der Waals surface area contributed by atoms with Gasteiger partial charge in [-0.15, -0.1) is 0 Å². The first kappa shape index (κ1) is 34.0. The average molecular weight is 602 g/mol. The number of carbonyl (C=O) groups is 2. The van der Waals surface area contributed by atoms with Gasteiger partial charge in [-0.1, -0.05) is 91.3 Å². The summed E-state index contributed by atoms with van der Waals surface area (Å²) in [6.45, 7) is 13.8. The highest BCUT2D eigenvalue weighted by Crippen LogP contribution is 2.33. The normalized spacial score (nSPS) is 12.5. The van der Waals surface area contributed by atoms with E-state index >= 15 is 0 Å². The molecule has 0 aliphatic heterocycles. The van der Waals surface area contributed by atoms with Gasteiger partial charge in [0.15, 0.2) is 0 Å². The van der Waals surface area contributed by atoms with Gasteiger partial charge in [-0.25, -0.2) is 9.59 Å². The molecule has 39 heavy (non-hydrogen) atoms. The fraction of sp³-hybridized carbons (Fsp3) is 0.375. The second-order valence-electron chi connectivity index (χ2n) is 8.78. The van der Waals surface area contributed by atoms with Crippen LogP contribution >= 0.6 is 15.9 Å². The average Bonchev–Trinajstić information content (AvgIpc) is 2.96. The number of ether oxygens (including phenoxy) is 4. The van der Waals surface area contributed by atoms with Gasteiger partial charge in [-0.2, -0.15) is 0 Å². The molecule has 212 valence electrons. The molecule has 7 heteroatoms. The second kappa shape index (κ2) is 20.9. The minimum atomic E-state index is -0.407. The van der Waals surface area contributed by atoms with Gasteiger partial charge in [0, 0.05) is 23.2 Å². The monoisotopic (exact) mass is 600 g/mol. The summed E-state index contributed by atoms with van der Waals surface area (Å²) in [5.41, 5.74) is 2.90. The van der Waals surface area contributed by atoms with Crippen molar-refractivity contribution in [2.75, 3.05) is 33.5 Å².